The van der Waals surface area contributed by atoms with Crippen LogP contribution in [0.25, 0.3) is 11.1 Å². The number of hydrogen-bond acceptors (Lipinski definition) is 0. The molecule has 0 radical (unpaired) electrons. The summed E-state index contributed by atoms with van der Waals surface area (Å²) in [6.45, 7) is 5.87. The fraction of sp³-hybridized carbons (Fsp3) is 0.200. The molecule has 0 nitrogen and oxygen atoms in total. The smallest absolute Gasteiger partial charge is 0.133 e. The van der Waals surface area contributed by atoms with Crippen molar-refractivity contribution < 1.29 is 8.78 Å². The zero-order valence-corrected chi connectivity index (χ0v) is 11.4. The van der Waals surface area contributed by atoms with Crippen molar-refractivity contribution in [3.63, 3.8) is 0 Å². The summed E-state index contributed by atoms with van der Waals surface area (Å²) in [4.78, 5) is 0. The fourth-order valence-electron chi connectivity index (χ4n) is 1.48. The van der Waals surface area contributed by atoms with Gasteiger partial charge in [0.15, 0.2) is 0 Å². The van der Waals surface area contributed by atoms with E-state index in [0.717, 1.165) is 11.6 Å². The molecule has 0 aliphatic heterocycles. The number of hydrogen-bond donors (Lipinski definition) is 0. The third kappa shape index (κ3) is 3.30. The summed E-state index contributed by atoms with van der Waals surface area (Å²) in [5.41, 5.74) is 1.92. The van der Waals surface area contributed by atoms with Gasteiger partial charge in [-0.1, -0.05) is 37.6 Å². The first-order valence-corrected chi connectivity index (χ1v) is 6.17. The fourth-order valence-corrected chi connectivity index (χ4v) is 1.66. The Balaban J connectivity index is 0.000000771. The van der Waals surface area contributed by atoms with E-state index in [9.17, 15) is 8.78 Å². The molecule has 0 heterocycles. The minimum absolute atomic E-state index is 0.350. The van der Waals surface area contributed by atoms with Gasteiger partial charge in [0.2, 0.25) is 0 Å². The molecule has 2 aromatic rings. The highest BCUT2D eigenvalue weighted by molar-refractivity contribution is 6.31. The van der Waals surface area contributed by atoms with Crippen LogP contribution in [0.1, 0.15) is 19.4 Å². The van der Waals surface area contributed by atoms with Gasteiger partial charge >= 0.3 is 0 Å². The van der Waals surface area contributed by atoms with Gasteiger partial charge in [0.1, 0.15) is 11.6 Å². The van der Waals surface area contributed by atoms with Gasteiger partial charge in [-0.3, -0.25) is 0 Å². The lowest BCUT2D eigenvalue weighted by Crippen LogP contribution is -1.87. The topological polar surface area (TPSA) is 0 Å². The molecule has 0 aliphatic rings. The van der Waals surface area contributed by atoms with Crippen molar-refractivity contribution in [2.45, 2.75) is 20.8 Å². The first kappa shape index (κ1) is 14.7. The van der Waals surface area contributed by atoms with Gasteiger partial charge in [-0.15, -0.1) is 0 Å². The molecule has 0 spiro atoms. The maximum Gasteiger partial charge on any atom is 0.133 e. The lowest BCUT2D eigenvalue weighted by Gasteiger charge is -2.05. The van der Waals surface area contributed by atoms with Crippen LogP contribution < -0.4 is 0 Å². The predicted molar refractivity (Wildman–Crippen MR) is 72.9 cm³/mol. The van der Waals surface area contributed by atoms with Crippen LogP contribution in [-0.2, 0) is 0 Å². The normalized spacial score (nSPS) is 9.67. The molecule has 0 bridgehead atoms. The van der Waals surface area contributed by atoms with Crippen LogP contribution in [0.3, 0.4) is 0 Å². The second-order valence-electron chi connectivity index (χ2n) is 3.59. The molecule has 0 fully saturated rings. The molecule has 96 valence electrons. The quantitative estimate of drug-likeness (QED) is 0.630. The zero-order valence-electron chi connectivity index (χ0n) is 10.6. The molecule has 0 aromatic heterocycles. The van der Waals surface area contributed by atoms with E-state index in [4.69, 9.17) is 11.6 Å². The largest absolute Gasteiger partial charge is 0.207 e. The van der Waals surface area contributed by atoms with E-state index in [0.29, 0.717) is 16.1 Å². The summed E-state index contributed by atoms with van der Waals surface area (Å²) in [5.74, 6) is -1.17. The SMILES string of the molecule is CC.Cc1ccc(-c2ccc(F)cc2F)cc1Cl. The van der Waals surface area contributed by atoms with Gasteiger partial charge in [0.05, 0.1) is 0 Å². The molecule has 0 amide bonds. The lowest BCUT2D eigenvalue weighted by molar-refractivity contribution is 0.585. The Bertz CT molecular complexity index is 536. The first-order chi connectivity index (χ1) is 8.58. The number of benzene rings is 2. The molecule has 3 heteroatoms. The summed E-state index contributed by atoms with van der Waals surface area (Å²) in [6, 6.07) is 8.74. The molecule has 0 unspecified atom stereocenters. The Kier molecular flexibility index (Phi) is 5.29. The van der Waals surface area contributed by atoms with Gasteiger partial charge in [-0.2, -0.15) is 0 Å². The molecular formula is C15H15ClF2. The van der Waals surface area contributed by atoms with E-state index in [1.807, 2.05) is 20.8 Å². The van der Waals surface area contributed by atoms with Crippen molar-refractivity contribution in [2.24, 2.45) is 0 Å². The molecule has 0 N–H and O–H groups in total. The second-order valence-corrected chi connectivity index (χ2v) is 4.00. The Morgan fingerprint density at radius 2 is 1.61 bits per heavy atom. The molecule has 18 heavy (non-hydrogen) atoms. The minimum Gasteiger partial charge on any atom is -0.207 e. The summed E-state index contributed by atoms with van der Waals surface area (Å²) >= 11 is 5.95. The van der Waals surface area contributed by atoms with Crippen molar-refractivity contribution in [1.29, 1.82) is 0 Å². The molecule has 0 atom stereocenters. The van der Waals surface area contributed by atoms with E-state index in [-0.39, 0.29) is 0 Å². The van der Waals surface area contributed by atoms with E-state index in [1.54, 1.807) is 18.2 Å². The van der Waals surface area contributed by atoms with Crippen LogP contribution >= 0.6 is 11.6 Å². The lowest BCUT2D eigenvalue weighted by atomic mass is 10.0. The van der Waals surface area contributed by atoms with Gasteiger partial charge in [0.25, 0.3) is 0 Å². The van der Waals surface area contributed by atoms with E-state index < -0.39 is 11.6 Å². The summed E-state index contributed by atoms with van der Waals surface area (Å²) in [6.07, 6.45) is 0. The first-order valence-electron chi connectivity index (χ1n) is 5.79. The van der Waals surface area contributed by atoms with Crippen LogP contribution in [0, 0.1) is 18.6 Å². The highest BCUT2D eigenvalue weighted by atomic mass is 35.5. The highest BCUT2D eigenvalue weighted by Gasteiger charge is 2.07. The standard InChI is InChI=1S/C13H9ClF2.C2H6/c1-8-2-3-9(6-12(8)14)11-5-4-10(15)7-13(11)16;1-2/h2-7H,1H3;1-2H3. The Labute approximate surface area is 111 Å². The van der Waals surface area contributed by atoms with Crippen molar-refractivity contribution in [3.8, 4) is 11.1 Å². The Hall–Kier alpha value is -1.41. The third-order valence-corrected chi connectivity index (χ3v) is 2.82. The van der Waals surface area contributed by atoms with Crippen molar-refractivity contribution in [2.75, 3.05) is 0 Å². The van der Waals surface area contributed by atoms with Crippen molar-refractivity contribution >= 4 is 11.6 Å². The molecule has 2 aromatic carbocycles. The average Bonchev–Trinajstić information content (AvgIpc) is 2.35. The van der Waals surface area contributed by atoms with E-state index in [1.165, 1.54) is 12.1 Å². The number of halogens is 3. The monoisotopic (exact) mass is 268 g/mol. The van der Waals surface area contributed by atoms with Gasteiger partial charge in [-0.05, 0) is 36.2 Å². The van der Waals surface area contributed by atoms with Crippen LogP contribution in [0.4, 0.5) is 8.78 Å². The number of aryl methyl sites for hydroxylation is 1. The summed E-state index contributed by atoms with van der Waals surface area (Å²) in [5, 5.41) is 0.571. The third-order valence-electron chi connectivity index (χ3n) is 2.41. The van der Waals surface area contributed by atoms with E-state index in [2.05, 4.69) is 0 Å². The van der Waals surface area contributed by atoms with E-state index >= 15 is 0 Å². The van der Waals surface area contributed by atoms with Gasteiger partial charge in [-0.25, -0.2) is 8.78 Å². The molecule has 0 saturated heterocycles. The zero-order chi connectivity index (χ0) is 13.7. The highest BCUT2D eigenvalue weighted by Crippen LogP contribution is 2.27. The second kappa shape index (κ2) is 6.50. The van der Waals surface area contributed by atoms with Gasteiger partial charge in [0, 0.05) is 16.7 Å². The van der Waals surface area contributed by atoms with Crippen molar-refractivity contribution in [3.05, 3.63) is 58.6 Å². The summed E-state index contributed by atoms with van der Waals surface area (Å²) in [7, 11) is 0. The summed E-state index contributed by atoms with van der Waals surface area (Å²) < 4.78 is 26.2. The maximum atomic E-state index is 13.5. The van der Waals surface area contributed by atoms with Crippen LogP contribution in [0.15, 0.2) is 36.4 Å². The molecule has 2 rings (SSSR count). The van der Waals surface area contributed by atoms with Crippen LogP contribution in [0.2, 0.25) is 5.02 Å². The molecular weight excluding hydrogens is 254 g/mol. The van der Waals surface area contributed by atoms with Crippen molar-refractivity contribution in [1.82, 2.24) is 0 Å². The number of rotatable bonds is 1. The molecule has 0 aliphatic carbocycles. The van der Waals surface area contributed by atoms with Crippen LogP contribution in [-0.4, -0.2) is 0 Å². The Morgan fingerprint density at radius 1 is 0.944 bits per heavy atom. The predicted octanol–water partition coefficient (Wildman–Crippen LogP) is 5.62. The average molecular weight is 269 g/mol. The minimum atomic E-state index is -0.584. The Morgan fingerprint density at radius 3 is 2.17 bits per heavy atom. The molecule has 0 saturated carbocycles. The van der Waals surface area contributed by atoms with Gasteiger partial charge < -0.3 is 0 Å². The van der Waals surface area contributed by atoms with Crippen LogP contribution in [0.5, 0.6) is 0 Å². The maximum absolute atomic E-state index is 13.5.